The highest BCUT2D eigenvalue weighted by Gasteiger charge is 2.37. The van der Waals surface area contributed by atoms with E-state index in [4.69, 9.17) is 5.84 Å². The van der Waals surface area contributed by atoms with Crippen molar-refractivity contribution in [2.24, 2.45) is 11.3 Å². The summed E-state index contributed by atoms with van der Waals surface area (Å²) in [5.74, 6) is 5.73. The third-order valence-corrected chi connectivity index (χ3v) is 7.57. The van der Waals surface area contributed by atoms with Gasteiger partial charge in [-0.1, -0.05) is 86.6 Å². The van der Waals surface area contributed by atoms with E-state index in [0.29, 0.717) is 19.5 Å². The number of nitrogens with two attached hydrogens (primary N) is 1. The van der Waals surface area contributed by atoms with Crippen LogP contribution >= 0.6 is 0 Å². The predicted molar refractivity (Wildman–Crippen MR) is 153 cm³/mol. The van der Waals surface area contributed by atoms with Crippen LogP contribution in [0, 0.1) is 5.41 Å². The van der Waals surface area contributed by atoms with Gasteiger partial charge in [-0.05, 0) is 45.2 Å². The van der Waals surface area contributed by atoms with Crippen LogP contribution in [0.1, 0.15) is 48.9 Å². The minimum atomic E-state index is -0.931. The van der Waals surface area contributed by atoms with E-state index in [-0.39, 0.29) is 37.9 Å². The van der Waals surface area contributed by atoms with Crippen LogP contribution in [-0.2, 0) is 35.7 Å². The van der Waals surface area contributed by atoms with Gasteiger partial charge in [0.2, 0.25) is 11.8 Å². The molecular formula is C32H39N3O5. The molecule has 1 heterocycles. The summed E-state index contributed by atoms with van der Waals surface area (Å²) >= 11 is 0. The number of hydrogen-bond acceptors (Lipinski definition) is 6. The zero-order chi connectivity index (χ0) is 28.9. The number of hydrogen-bond donors (Lipinski definition) is 4. The number of aliphatic hydroxyl groups excluding tert-OH is 3. The molecule has 0 aliphatic carbocycles. The molecule has 40 heavy (non-hydrogen) atoms. The highest BCUT2D eigenvalue weighted by molar-refractivity contribution is 5.88. The lowest BCUT2D eigenvalue weighted by molar-refractivity contribution is -0.148. The Hall–Kier alpha value is -3.56. The van der Waals surface area contributed by atoms with E-state index in [1.807, 2.05) is 86.6 Å². The first-order chi connectivity index (χ1) is 19.1. The SMILES string of the molecule is CC(C)(CC(=O)N(N)[C@@H]1Cc2ccccc2CN(Cc2ccc(-c3ccccc3CO)cc2)C1=O)C[C@H](O)CO. The molecule has 4 rings (SSSR count). The third kappa shape index (κ3) is 6.95. The molecule has 3 aromatic rings. The van der Waals surface area contributed by atoms with Gasteiger partial charge in [0.05, 0.1) is 19.3 Å². The van der Waals surface area contributed by atoms with E-state index in [2.05, 4.69) is 0 Å². The molecule has 2 amide bonds. The number of fused-ring (bicyclic) bond motifs is 1. The van der Waals surface area contributed by atoms with Crippen molar-refractivity contribution in [3.63, 3.8) is 0 Å². The average molecular weight is 546 g/mol. The lowest BCUT2D eigenvalue weighted by Gasteiger charge is -2.33. The van der Waals surface area contributed by atoms with Crippen molar-refractivity contribution in [1.29, 1.82) is 0 Å². The molecule has 1 aliphatic heterocycles. The number of amides is 2. The Bertz CT molecular complexity index is 1320. The second-order valence-corrected chi connectivity index (χ2v) is 11.4. The summed E-state index contributed by atoms with van der Waals surface area (Å²) in [4.78, 5) is 28.9. The third-order valence-electron chi connectivity index (χ3n) is 7.57. The molecule has 1 aliphatic rings. The molecule has 3 aromatic carbocycles. The summed E-state index contributed by atoms with van der Waals surface area (Å²) in [5, 5.41) is 29.9. The largest absolute Gasteiger partial charge is 0.394 e. The lowest BCUT2D eigenvalue weighted by Crippen LogP contribution is -2.54. The first-order valence-electron chi connectivity index (χ1n) is 13.6. The second kappa shape index (κ2) is 12.7. The molecule has 0 spiro atoms. The Morgan fingerprint density at radius 1 is 1.02 bits per heavy atom. The minimum absolute atomic E-state index is 0.0305. The number of aliphatic hydroxyl groups is 3. The van der Waals surface area contributed by atoms with Gasteiger partial charge >= 0.3 is 0 Å². The van der Waals surface area contributed by atoms with Crippen molar-refractivity contribution in [1.82, 2.24) is 9.91 Å². The summed E-state index contributed by atoms with van der Waals surface area (Å²) in [6.45, 7) is 3.98. The molecule has 0 radical (unpaired) electrons. The number of nitrogens with zero attached hydrogens (tertiary/aromatic N) is 2. The zero-order valence-electron chi connectivity index (χ0n) is 23.2. The van der Waals surface area contributed by atoms with Gasteiger partial charge in [-0.3, -0.25) is 14.6 Å². The van der Waals surface area contributed by atoms with Gasteiger partial charge in [0.1, 0.15) is 6.04 Å². The number of carbonyl (C=O) groups excluding carboxylic acids is 2. The second-order valence-electron chi connectivity index (χ2n) is 11.4. The molecule has 8 nitrogen and oxygen atoms in total. The van der Waals surface area contributed by atoms with E-state index in [1.165, 1.54) is 0 Å². The van der Waals surface area contributed by atoms with Crippen LogP contribution in [-0.4, -0.2) is 55.8 Å². The molecule has 5 N–H and O–H groups in total. The maximum Gasteiger partial charge on any atom is 0.247 e. The van der Waals surface area contributed by atoms with Crippen molar-refractivity contribution in [3.05, 3.63) is 95.1 Å². The molecule has 212 valence electrons. The van der Waals surface area contributed by atoms with E-state index in [9.17, 15) is 24.9 Å². The lowest BCUT2D eigenvalue weighted by atomic mass is 9.83. The highest BCUT2D eigenvalue weighted by atomic mass is 16.3. The van der Waals surface area contributed by atoms with Crippen LogP contribution in [0.5, 0.6) is 0 Å². The van der Waals surface area contributed by atoms with Crippen molar-refractivity contribution in [2.75, 3.05) is 6.61 Å². The monoisotopic (exact) mass is 545 g/mol. The summed E-state index contributed by atoms with van der Waals surface area (Å²) in [6, 6.07) is 22.6. The van der Waals surface area contributed by atoms with Crippen LogP contribution in [0.25, 0.3) is 11.1 Å². The highest BCUT2D eigenvalue weighted by Crippen LogP contribution is 2.30. The summed E-state index contributed by atoms with van der Waals surface area (Å²) in [6.07, 6.45) is -0.359. The van der Waals surface area contributed by atoms with Gasteiger partial charge in [-0.25, -0.2) is 5.84 Å². The van der Waals surface area contributed by atoms with E-state index in [1.54, 1.807) is 4.90 Å². The summed E-state index contributed by atoms with van der Waals surface area (Å²) < 4.78 is 0. The fourth-order valence-electron chi connectivity index (χ4n) is 5.45. The molecular weight excluding hydrogens is 506 g/mol. The minimum Gasteiger partial charge on any atom is -0.394 e. The standard InChI is InChI=1S/C32H39N3O5/c1-32(2,16-27(38)21-37)17-30(39)35(33)29-15-24-7-3-4-8-25(24)19-34(31(29)40)18-22-11-13-23(14-12-22)28-10-6-5-9-26(28)20-36/h3-14,27,29,36-38H,15-21,33H2,1-2H3/t27-,29+/m0/s1. The van der Waals surface area contributed by atoms with Crippen LogP contribution in [0.3, 0.4) is 0 Å². The van der Waals surface area contributed by atoms with Gasteiger partial charge in [-0.15, -0.1) is 0 Å². The Morgan fingerprint density at radius 2 is 1.68 bits per heavy atom. The fraction of sp³-hybridized carbons (Fsp3) is 0.375. The first-order valence-corrected chi connectivity index (χ1v) is 13.6. The average Bonchev–Trinajstić information content (AvgIpc) is 3.08. The Kier molecular flexibility index (Phi) is 9.37. The topological polar surface area (TPSA) is 127 Å². The van der Waals surface area contributed by atoms with E-state index >= 15 is 0 Å². The fourth-order valence-corrected chi connectivity index (χ4v) is 5.45. The van der Waals surface area contributed by atoms with Crippen molar-refractivity contribution in [3.8, 4) is 11.1 Å². The van der Waals surface area contributed by atoms with Gasteiger partial charge in [-0.2, -0.15) is 0 Å². The Labute approximate surface area is 235 Å². The molecule has 0 saturated heterocycles. The van der Waals surface area contributed by atoms with Crippen LogP contribution in [0.15, 0.2) is 72.8 Å². The summed E-state index contributed by atoms with van der Waals surface area (Å²) in [5.41, 5.74) is 5.09. The molecule has 0 fully saturated rings. The van der Waals surface area contributed by atoms with E-state index < -0.39 is 17.6 Å². The molecule has 0 bridgehead atoms. The van der Waals surface area contributed by atoms with Crippen LogP contribution in [0.2, 0.25) is 0 Å². The number of benzene rings is 3. The Morgan fingerprint density at radius 3 is 2.35 bits per heavy atom. The predicted octanol–water partition coefficient (Wildman–Crippen LogP) is 3.16. The van der Waals surface area contributed by atoms with Gasteiger partial charge in [0.15, 0.2) is 0 Å². The molecule has 0 saturated carbocycles. The van der Waals surface area contributed by atoms with Crippen LogP contribution < -0.4 is 5.84 Å². The maximum absolute atomic E-state index is 13.9. The smallest absolute Gasteiger partial charge is 0.247 e. The zero-order valence-corrected chi connectivity index (χ0v) is 23.2. The van der Waals surface area contributed by atoms with Crippen LogP contribution in [0.4, 0.5) is 0 Å². The quantitative estimate of drug-likeness (QED) is 0.176. The number of carbonyl (C=O) groups is 2. The molecule has 0 aromatic heterocycles. The van der Waals surface area contributed by atoms with Gasteiger partial charge in [0, 0.05) is 25.9 Å². The van der Waals surface area contributed by atoms with E-state index in [0.717, 1.165) is 38.4 Å². The maximum atomic E-state index is 13.9. The van der Waals surface area contributed by atoms with Crippen molar-refractivity contribution < 1.29 is 24.9 Å². The van der Waals surface area contributed by atoms with Crippen molar-refractivity contribution >= 4 is 11.8 Å². The van der Waals surface area contributed by atoms with Gasteiger partial charge < -0.3 is 20.2 Å². The van der Waals surface area contributed by atoms with Gasteiger partial charge in [0.25, 0.3) is 0 Å². The first kappa shape index (κ1) is 29.4. The normalized spacial score (nSPS) is 16.3. The molecule has 2 atom stereocenters. The number of hydrazine groups is 1. The molecule has 8 heteroatoms. The van der Waals surface area contributed by atoms with Crippen molar-refractivity contribution in [2.45, 2.75) is 65.0 Å². The molecule has 0 unspecified atom stereocenters. The summed E-state index contributed by atoms with van der Waals surface area (Å²) in [7, 11) is 0. The number of rotatable bonds is 10. The Balaban J connectivity index is 1.55.